The monoisotopic (exact) mass is 541 g/mol. The van der Waals surface area contributed by atoms with Crippen LogP contribution < -0.4 is 14.4 Å². The average Bonchev–Trinajstić information content (AvgIpc) is 3.34. The smallest absolute Gasteiger partial charge is 0.321 e. The fourth-order valence-corrected chi connectivity index (χ4v) is 5.16. The van der Waals surface area contributed by atoms with Crippen molar-refractivity contribution in [2.45, 2.75) is 39.8 Å². The van der Waals surface area contributed by atoms with Crippen molar-refractivity contribution < 1.29 is 23.8 Å². The van der Waals surface area contributed by atoms with Crippen LogP contribution in [-0.4, -0.2) is 41.8 Å². The molecule has 0 saturated carbocycles. The Balaban J connectivity index is 1.66. The number of rotatable bonds is 10. The molecule has 0 fully saturated rings. The van der Waals surface area contributed by atoms with Gasteiger partial charge in [0.05, 0.1) is 43.9 Å². The highest BCUT2D eigenvalue weighted by Crippen LogP contribution is 2.43. The van der Waals surface area contributed by atoms with Crippen LogP contribution in [0, 0.1) is 11.8 Å². The molecule has 4 aromatic rings. The maximum Gasteiger partial charge on any atom is 0.321 e. The largest absolute Gasteiger partial charge is 0.493 e. The van der Waals surface area contributed by atoms with Gasteiger partial charge in [-0.3, -0.25) is 14.5 Å². The van der Waals surface area contributed by atoms with Gasteiger partial charge in [-0.25, -0.2) is 4.98 Å². The molecule has 0 aliphatic carbocycles. The molecule has 0 spiro atoms. The third kappa shape index (κ3) is 5.26. The summed E-state index contributed by atoms with van der Waals surface area (Å²) in [6.45, 7) is 7.04. The van der Waals surface area contributed by atoms with Crippen molar-refractivity contribution in [2.75, 3.05) is 25.2 Å². The molecule has 0 bridgehead atoms. The number of methoxy groups -OCH3 is 1. The van der Waals surface area contributed by atoms with Crippen molar-refractivity contribution in [2.24, 2.45) is 11.8 Å². The van der Waals surface area contributed by atoms with E-state index in [2.05, 4.69) is 13.8 Å². The number of hydrogen-bond donors (Lipinski definition) is 0. The topological polar surface area (TPSA) is 82.9 Å². The lowest BCUT2D eigenvalue weighted by molar-refractivity contribution is -0.153. The molecular weight excluding hydrogens is 506 g/mol. The number of aromatic nitrogens is 2. The summed E-state index contributed by atoms with van der Waals surface area (Å²) in [5.41, 5.74) is 3.21. The third-order valence-corrected chi connectivity index (χ3v) is 7.15. The minimum absolute atomic E-state index is 0.164. The Labute approximate surface area is 234 Å². The number of ether oxygens (including phenoxy) is 3. The summed E-state index contributed by atoms with van der Waals surface area (Å²) < 4.78 is 19.2. The number of imidazole rings is 1. The summed E-state index contributed by atoms with van der Waals surface area (Å²) in [5.74, 6) is 0.0948. The van der Waals surface area contributed by atoms with Crippen LogP contribution in [0.2, 0.25) is 0 Å². The molecule has 2 atom stereocenters. The maximum atomic E-state index is 14.2. The third-order valence-electron chi connectivity index (χ3n) is 7.15. The molecule has 0 radical (unpaired) electrons. The van der Waals surface area contributed by atoms with E-state index >= 15 is 0 Å². The number of nitrogens with zero attached hydrogens (tertiary/aromatic N) is 3. The highest BCUT2D eigenvalue weighted by molar-refractivity contribution is 6.08. The second-order valence-corrected chi connectivity index (χ2v) is 10.3. The molecule has 8 nitrogen and oxygen atoms in total. The van der Waals surface area contributed by atoms with Crippen LogP contribution in [-0.2, 0) is 20.9 Å². The number of benzene rings is 3. The Morgan fingerprint density at radius 2 is 1.75 bits per heavy atom. The zero-order valence-corrected chi connectivity index (χ0v) is 23.4. The molecule has 0 saturated heterocycles. The number of esters is 1. The van der Waals surface area contributed by atoms with Gasteiger partial charge in [-0.05, 0) is 54.7 Å². The van der Waals surface area contributed by atoms with Crippen LogP contribution >= 0.6 is 0 Å². The number of para-hydroxylation sites is 2. The molecule has 40 heavy (non-hydrogen) atoms. The van der Waals surface area contributed by atoms with Gasteiger partial charge in [0.25, 0.3) is 0 Å². The van der Waals surface area contributed by atoms with Gasteiger partial charge in [0, 0.05) is 0 Å². The van der Waals surface area contributed by atoms with E-state index < -0.39 is 17.9 Å². The highest BCUT2D eigenvalue weighted by Gasteiger charge is 2.48. The van der Waals surface area contributed by atoms with Gasteiger partial charge in [0.1, 0.15) is 0 Å². The Bertz CT molecular complexity index is 1500. The van der Waals surface area contributed by atoms with E-state index in [9.17, 15) is 9.59 Å². The maximum absolute atomic E-state index is 14.2. The zero-order chi connectivity index (χ0) is 28.2. The quantitative estimate of drug-likeness (QED) is 0.187. The molecule has 2 unspecified atom stereocenters. The molecule has 0 N–H and O–H groups in total. The van der Waals surface area contributed by atoms with Crippen molar-refractivity contribution in [3.63, 3.8) is 0 Å². The molecule has 5 rings (SSSR count). The fraction of sp³-hybridized carbons (Fsp3) is 0.344. The van der Waals surface area contributed by atoms with E-state index in [1.54, 1.807) is 18.9 Å². The second kappa shape index (κ2) is 11.8. The molecule has 1 aliphatic rings. The van der Waals surface area contributed by atoms with Crippen LogP contribution in [0.4, 0.5) is 5.95 Å². The molecule has 1 amide bonds. The Morgan fingerprint density at radius 1 is 1.00 bits per heavy atom. The van der Waals surface area contributed by atoms with Crippen LogP contribution in [0.15, 0.2) is 72.8 Å². The standard InChI is InChI=1S/C32H35N3O5/c1-5-39-31(37)28-29(23-15-16-26(27(19-23)38-4)40-18-17-21(2)3)35-25-14-10-9-13-24(25)33-32(35)34(30(28)36)20-22-11-7-6-8-12-22/h6-16,19,21,28-29H,5,17-18,20H2,1-4H3. The van der Waals surface area contributed by atoms with Crippen LogP contribution in [0.1, 0.15) is 44.4 Å². The summed E-state index contributed by atoms with van der Waals surface area (Å²) in [6, 6.07) is 22.3. The molecule has 2 heterocycles. The second-order valence-electron chi connectivity index (χ2n) is 10.3. The van der Waals surface area contributed by atoms with Gasteiger partial charge in [-0.15, -0.1) is 0 Å². The zero-order valence-electron chi connectivity index (χ0n) is 23.4. The van der Waals surface area contributed by atoms with E-state index in [0.29, 0.717) is 30.0 Å². The van der Waals surface area contributed by atoms with E-state index in [-0.39, 0.29) is 19.1 Å². The summed E-state index contributed by atoms with van der Waals surface area (Å²) in [6.07, 6.45) is 0.911. The number of fused-ring (bicyclic) bond motifs is 3. The van der Waals surface area contributed by atoms with Crippen LogP contribution in [0.25, 0.3) is 11.0 Å². The number of amides is 1. The molecule has 3 aromatic carbocycles. The molecule has 8 heteroatoms. The lowest BCUT2D eigenvalue weighted by Crippen LogP contribution is -2.49. The summed E-state index contributed by atoms with van der Waals surface area (Å²) in [4.78, 5) is 34.2. The number of carbonyl (C=O) groups is 2. The van der Waals surface area contributed by atoms with E-state index in [1.165, 1.54) is 0 Å². The molecule has 1 aliphatic heterocycles. The van der Waals surface area contributed by atoms with Gasteiger partial charge in [0.2, 0.25) is 11.9 Å². The van der Waals surface area contributed by atoms with E-state index in [4.69, 9.17) is 19.2 Å². The first-order chi connectivity index (χ1) is 19.4. The minimum Gasteiger partial charge on any atom is -0.493 e. The van der Waals surface area contributed by atoms with Crippen LogP contribution in [0.3, 0.4) is 0 Å². The average molecular weight is 542 g/mol. The lowest BCUT2D eigenvalue weighted by atomic mass is 9.89. The van der Waals surface area contributed by atoms with Gasteiger partial charge in [0.15, 0.2) is 17.4 Å². The van der Waals surface area contributed by atoms with Crippen molar-refractivity contribution in [1.82, 2.24) is 9.55 Å². The molecule has 1 aromatic heterocycles. The molecule has 208 valence electrons. The van der Waals surface area contributed by atoms with Crippen molar-refractivity contribution in [3.05, 3.63) is 83.9 Å². The summed E-state index contributed by atoms with van der Waals surface area (Å²) in [5, 5.41) is 0. The first kappa shape index (κ1) is 27.2. The SMILES string of the molecule is CCOC(=O)C1C(=O)N(Cc2ccccc2)c2nc3ccccc3n2C1c1ccc(OCCC(C)C)c(OC)c1. The van der Waals surface area contributed by atoms with Crippen molar-refractivity contribution in [1.29, 1.82) is 0 Å². The predicted octanol–water partition coefficient (Wildman–Crippen LogP) is 5.79. The summed E-state index contributed by atoms with van der Waals surface area (Å²) >= 11 is 0. The Kier molecular flexibility index (Phi) is 8.05. The van der Waals surface area contributed by atoms with Gasteiger partial charge < -0.3 is 18.8 Å². The Morgan fingerprint density at radius 3 is 2.48 bits per heavy atom. The first-order valence-electron chi connectivity index (χ1n) is 13.7. The van der Waals surface area contributed by atoms with E-state index in [0.717, 1.165) is 28.6 Å². The van der Waals surface area contributed by atoms with Crippen LogP contribution in [0.5, 0.6) is 11.5 Å². The number of hydrogen-bond acceptors (Lipinski definition) is 6. The number of carbonyl (C=O) groups excluding carboxylic acids is 2. The van der Waals surface area contributed by atoms with Crippen molar-refractivity contribution in [3.8, 4) is 11.5 Å². The first-order valence-corrected chi connectivity index (χ1v) is 13.7. The molecular formula is C32H35N3O5. The van der Waals surface area contributed by atoms with Gasteiger partial charge >= 0.3 is 5.97 Å². The Hall–Kier alpha value is -4.33. The predicted molar refractivity (Wildman–Crippen MR) is 154 cm³/mol. The van der Waals surface area contributed by atoms with E-state index in [1.807, 2.05) is 77.4 Å². The normalized spacial score (nSPS) is 16.7. The summed E-state index contributed by atoms with van der Waals surface area (Å²) in [7, 11) is 1.59. The highest BCUT2D eigenvalue weighted by atomic mass is 16.5. The minimum atomic E-state index is -1.12. The van der Waals surface area contributed by atoms with Crippen molar-refractivity contribution >= 4 is 28.9 Å². The van der Waals surface area contributed by atoms with Gasteiger partial charge in [-0.2, -0.15) is 0 Å². The lowest BCUT2D eigenvalue weighted by Gasteiger charge is -2.38. The fourth-order valence-electron chi connectivity index (χ4n) is 5.16. The van der Waals surface area contributed by atoms with Gasteiger partial charge in [-0.1, -0.05) is 62.4 Å². The number of anilines is 1.